The molecule has 40 heavy (non-hydrogen) atoms. The van der Waals surface area contributed by atoms with Crippen LogP contribution in [-0.4, -0.2) is 67.9 Å². The smallest absolute Gasteiger partial charge is 0.407 e. The zero-order valence-electron chi connectivity index (χ0n) is 21.9. The lowest BCUT2D eigenvalue weighted by Gasteiger charge is -2.24. The molecule has 6 rings (SSSR count). The molecule has 4 atom stereocenters. The fraction of sp³-hybridized carbons (Fsp3) is 0.414. The lowest BCUT2D eigenvalue weighted by Crippen LogP contribution is -2.53. The number of benzene rings is 2. The molecular formula is C29H32N4O6S. The topological polar surface area (TPSA) is 134 Å². The molecule has 4 aliphatic rings. The maximum absolute atomic E-state index is 13.4. The van der Waals surface area contributed by atoms with Gasteiger partial charge in [0.2, 0.25) is 15.9 Å². The number of rotatable bonds is 8. The predicted octanol–water partition coefficient (Wildman–Crippen LogP) is 2.86. The van der Waals surface area contributed by atoms with Gasteiger partial charge in [0.15, 0.2) is 0 Å². The van der Waals surface area contributed by atoms with E-state index in [9.17, 15) is 22.8 Å². The Hall–Kier alpha value is -3.70. The summed E-state index contributed by atoms with van der Waals surface area (Å²) in [5, 5.41) is 5.31. The summed E-state index contributed by atoms with van der Waals surface area (Å²) in [6.07, 6.45) is 2.87. The summed E-state index contributed by atoms with van der Waals surface area (Å²) in [6.45, 7) is 4.22. The number of carbonyl (C=O) groups excluding carboxylic acids is 3. The highest BCUT2D eigenvalue weighted by molar-refractivity contribution is 7.90. The van der Waals surface area contributed by atoms with Crippen LogP contribution in [0.4, 0.5) is 9.59 Å². The van der Waals surface area contributed by atoms with Crippen LogP contribution in [0.5, 0.6) is 0 Å². The van der Waals surface area contributed by atoms with E-state index in [0.29, 0.717) is 25.8 Å². The average molecular weight is 565 g/mol. The van der Waals surface area contributed by atoms with E-state index in [0.717, 1.165) is 27.2 Å². The first kappa shape index (κ1) is 26.5. The molecule has 2 aromatic carbocycles. The molecule has 2 saturated carbocycles. The van der Waals surface area contributed by atoms with Crippen LogP contribution in [0.1, 0.15) is 42.7 Å². The molecule has 3 fully saturated rings. The quantitative estimate of drug-likeness (QED) is 0.420. The van der Waals surface area contributed by atoms with Crippen LogP contribution < -0.4 is 15.4 Å². The summed E-state index contributed by atoms with van der Waals surface area (Å²) in [4.78, 5) is 40.1. The van der Waals surface area contributed by atoms with Gasteiger partial charge in [-0.2, -0.15) is 0 Å². The normalized spacial score (nSPS) is 24.9. The summed E-state index contributed by atoms with van der Waals surface area (Å²) >= 11 is 0. The molecule has 1 saturated heterocycles. The number of sulfonamides is 1. The fourth-order valence-corrected chi connectivity index (χ4v) is 7.07. The minimum absolute atomic E-state index is 0.0653. The highest BCUT2D eigenvalue weighted by atomic mass is 32.2. The molecule has 10 nitrogen and oxygen atoms in total. The molecule has 11 heteroatoms. The second kappa shape index (κ2) is 10.4. The Bertz CT molecular complexity index is 1430. The van der Waals surface area contributed by atoms with Crippen LogP contribution in [-0.2, 0) is 19.6 Å². The molecule has 2 aromatic rings. The van der Waals surface area contributed by atoms with Gasteiger partial charge in [-0.25, -0.2) is 22.7 Å². The number of alkyl carbamates (subject to hydrolysis) is 1. The lowest BCUT2D eigenvalue weighted by molar-refractivity contribution is -0.130. The molecule has 1 aliphatic heterocycles. The highest BCUT2D eigenvalue weighted by Crippen LogP contribution is 2.44. The molecule has 1 heterocycles. The van der Waals surface area contributed by atoms with Crippen molar-refractivity contribution in [1.82, 2.24) is 20.3 Å². The van der Waals surface area contributed by atoms with E-state index in [1.165, 1.54) is 0 Å². The van der Waals surface area contributed by atoms with Crippen molar-refractivity contribution in [1.29, 1.82) is 0 Å². The number of ether oxygens (including phenoxy) is 1. The summed E-state index contributed by atoms with van der Waals surface area (Å²) in [5.74, 6) is -0.659. The van der Waals surface area contributed by atoms with Gasteiger partial charge in [0.1, 0.15) is 6.61 Å². The Morgan fingerprint density at radius 3 is 2.27 bits per heavy atom. The van der Waals surface area contributed by atoms with Crippen molar-refractivity contribution in [3.8, 4) is 11.1 Å². The van der Waals surface area contributed by atoms with E-state index >= 15 is 0 Å². The van der Waals surface area contributed by atoms with Gasteiger partial charge in [0, 0.05) is 24.5 Å². The van der Waals surface area contributed by atoms with Crippen molar-refractivity contribution in [3.05, 3.63) is 72.3 Å². The predicted molar refractivity (Wildman–Crippen MR) is 148 cm³/mol. The molecule has 0 aromatic heterocycles. The van der Waals surface area contributed by atoms with Crippen LogP contribution in [0, 0.1) is 5.92 Å². The van der Waals surface area contributed by atoms with Crippen molar-refractivity contribution in [2.24, 2.45) is 5.92 Å². The number of hydrogen-bond acceptors (Lipinski definition) is 7. The summed E-state index contributed by atoms with van der Waals surface area (Å²) in [6, 6.07) is 13.7. The molecule has 4 unspecified atom stereocenters. The zero-order valence-corrected chi connectivity index (χ0v) is 22.7. The molecule has 0 bridgehead atoms. The lowest BCUT2D eigenvalue weighted by atomic mass is 9.98. The van der Waals surface area contributed by atoms with Crippen LogP contribution in [0.25, 0.3) is 11.1 Å². The van der Waals surface area contributed by atoms with Gasteiger partial charge in [-0.15, -0.1) is 6.58 Å². The van der Waals surface area contributed by atoms with E-state index in [2.05, 4.69) is 34.1 Å². The van der Waals surface area contributed by atoms with E-state index in [4.69, 9.17) is 4.74 Å². The number of amides is 4. The largest absolute Gasteiger partial charge is 0.449 e. The van der Waals surface area contributed by atoms with E-state index in [1.807, 2.05) is 36.4 Å². The molecule has 210 valence electrons. The Kier molecular flexibility index (Phi) is 6.87. The van der Waals surface area contributed by atoms with Gasteiger partial charge in [-0.1, -0.05) is 54.6 Å². The SMILES string of the molecule is C=CC1CC1N(C(=O)NS(=O)(=O)C1CC1)C(=O)C1CC(NC(=O)OCC2c3ccccc3-c3ccccc32)CN1. The number of hydrogen-bond donors (Lipinski definition) is 3. The van der Waals surface area contributed by atoms with Crippen molar-refractivity contribution in [2.45, 2.75) is 55.0 Å². The first-order valence-corrected chi connectivity index (χ1v) is 15.2. The monoisotopic (exact) mass is 564 g/mol. The number of carbonyl (C=O) groups is 3. The van der Waals surface area contributed by atoms with E-state index < -0.39 is 45.4 Å². The van der Waals surface area contributed by atoms with Crippen molar-refractivity contribution in [2.75, 3.05) is 13.2 Å². The Labute approximate surface area is 233 Å². The highest BCUT2D eigenvalue weighted by Gasteiger charge is 2.49. The summed E-state index contributed by atoms with van der Waals surface area (Å²) in [5.41, 5.74) is 4.51. The minimum Gasteiger partial charge on any atom is -0.449 e. The number of imide groups is 1. The van der Waals surface area contributed by atoms with E-state index in [1.54, 1.807) is 6.08 Å². The first-order valence-electron chi connectivity index (χ1n) is 13.6. The van der Waals surface area contributed by atoms with Crippen LogP contribution >= 0.6 is 0 Å². The second-order valence-corrected chi connectivity index (χ2v) is 12.9. The van der Waals surface area contributed by atoms with E-state index in [-0.39, 0.29) is 30.9 Å². The zero-order chi connectivity index (χ0) is 28.0. The van der Waals surface area contributed by atoms with Gasteiger partial charge in [-0.05, 0) is 53.9 Å². The maximum Gasteiger partial charge on any atom is 0.407 e. The molecule has 3 aliphatic carbocycles. The first-order chi connectivity index (χ1) is 19.3. The standard InChI is InChI=1S/C29H32N4O6S/c1-2-17-13-26(17)33(28(35)32-40(37,38)19-11-12-19)27(34)25-14-18(15-30-25)31-29(36)39-16-24-22-9-5-3-7-20(22)21-8-4-6-10-23(21)24/h2-10,17-19,24-26,30H,1,11-16H2,(H,31,36)(H,32,35). The molecule has 0 spiro atoms. The van der Waals surface area contributed by atoms with Crippen molar-refractivity contribution in [3.63, 3.8) is 0 Å². The van der Waals surface area contributed by atoms with Gasteiger partial charge >= 0.3 is 12.1 Å². The molecule has 3 N–H and O–H groups in total. The third-order valence-corrected chi connectivity index (χ3v) is 9.99. The van der Waals surface area contributed by atoms with Gasteiger partial charge in [0.05, 0.1) is 11.3 Å². The third kappa shape index (κ3) is 5.11. The van der Waals surface area contributed by atoms with Gasteiger partial charge in [0.25, 0.3) is 0 Å². The molecule has 4 amide bonds. The van der Waals surface area contributed by atoms with Crippen LogP contribution in [0.2, 0.25) is 0 Å². The number of nitrogens with zero attached hydrogens (tertiary/aromatic N) is 1. The third-order valence-electron chi connectivity index (χ3n) is 8.18. The van der Waals surface area contributed by atoms with Crippen molar-refractivity contribution >= 4 is 28.1 Å². The number of urea groups is 1. The average Bonchev–Trinajstić information content (AvgIpc) is 3.86. The fourth-order valence-electron chi connectivity index (χ4n) is 5.81. The minimum atomic E-state index is -3.81. The number of nitrogens with one attached hydrogen (secondary N) is 3. The van der Waals surface area contributed by atoms with Gasteiger partial charge < -0.3 is 15.4 Å². The molecule has 0 radical (unpaired) electrons. The van der Waals surface area contributed by atoms with Crippen molar-refractivity contribution < 1.29 is 27.5 Å². The summed E-state index contributed by atoms with van der Waals surface area (Å²) < 4.78 is 32.4. The van der Waals surface area contributed by atoms with Gasteiger partial charge in [-0.3, -0.25) is 9.69 Å². The summed E-state index contributed by atoms with van der Waals surface area (Å²) in [7, 11) is -3.81. The number of fused-ring (bicyclic) bond motifs is 3. The van der Waals surface area contributed by atoms with Crippen LogP contribution in [0.3, 0.4) is 0 Å². The second-order valence-electron chi connectivity index (χ2n) is 10.9. The Morgan fingerprint density at radius 2 is 1.68 bits per heavy atom. The van der Waals surface area contributed by atoms with Crippen LogP contribution in [0.15, 0.2) is 61.2 Å². The molecular weight excluding hydrogens is 532 g/mol. The maximum atomic E-state index is 13.4. The Morgan fingerprint density at radius 1 is 1.02 bits per heavy atom. The Balaban J connectivity index is 1.05.